The number of carbonyl (C=O) groups is 1. The summed E-state index contributed by atoms with van der Waals surface area (Å²) in [6.45, 7) is 0.774. The van der Waals surface area contributed by atoms with E-state index in [2.05, 4.69) is 0 Å². The van der Waals surface area contributed by atoms with Gasteiger partial charge in [-0.05, 0) is 43.9 Å². The van der Waals surface area contributed by atoms with Gasteiger partial charge in [0.15, 0.2) is 0 Å². The van der Waals surface area contributed by atoms with E-state index in [1.54, 1.807) is 25.3 Å². The summed E-state index contributed by atoms with van der Waals surface area (Å²) in [4.78, 5) is 14.7. The van der Waals surface area contributed by atoms with Crippen molar-refractivity contribution in [2.24, 2.45) is 0 Å². The zero-order valence-corrected chi connectivity index (χ0v) is 13.1. The summed E-state index contributed by atoms with van der Waals surface area (Å²) in [5.74, 6) is 1.12. The van der Waals surface area contributed by atoms with Gasteiger partial charge >= 0.3 is 0 Å². The van der Waals surface area contributed by atoms with Crippen molar-refractivity contribution in [3.8, 4) is 5.75 Å². The van der Waals surface area contributed by atoms with Crippen LogP contribution in [0.5, 0.6) is 5.75 Å². The van der Waals surface area contributed by atoms with E-state index >= 15 is 0 Å². The van der Waals surface area contributed by atoms with Gasteiger partial charge < -0.3 is 9.64 Å². The molecule has 0 radical (unpaired) electrons. The van der Waals surface area contributed by atoms with Crippen LogP contribution >= 0.6 is 23.2 Å². The van der Waals surface area contributed by atoms with Gasteiger partial charge in [0, 0.05) is 23.5 Å². The molecule has 0 aromatic heterocycles. The fourth-order valence-corrected chi connectivity index (χ4v) is 3.12. The minimum atomic E-state index is -0.0147. The summed E-state index contributed by atoms with van der Waals surface area (Å²) in [5, 5.41) is 0.542. The average molecular weight is 316 g/mol. The fraction of sp³-hybridized carbons (Fsp3) is 0.533. The molecule has 0 N–H and O–H groups in total. The molecule has 1 aromatic rings. The summed E-state index contributed by atoms with van der Waals surface area (Å²) >= 11 is 11.9. The molecule has 0 bridgehead atoms. The van der Waals surface area contributed by atoms with Gasteiger partial charge in [0.1, 0.15) is 5.75 Å². The number of hydrogen-bond donors (Lipinski definition) is 0. The summed E-state index contributed by atoms with van der Waals surface area (Å²) in [7, 11) is 1.56. The van der Waals surface area contributed by atoms with Crippen molar-refractivity contribution in [1.29, 1.82) is 0 Å². The van der Waals surface area contributed by atoms with E-state index in [0.717, 1.165) is 32.2 Å². The molecule has 3 nitrogen and oxygen atoms in total. The molecule has 5 heteroatoms. The molecule has 110 valence electrons. The molecule has 0 aliphatic carbocycles. The maximum atomic E-state index is 12.8. The molecule has 20 heavy (non-hydrogen) atoms. The van der Waals surface area contributed by atoms with Crippen LogP contribution in [0, 0.1) is 0 Å². The number of halogens is 2. The highest BCUT2D eigenvalue weighted by atomic mass is 35.5. The number of carbonyl (C=O) groups excluding carboxylic acids is 1. The molecule has 1 heterocycles. The van der Waals surface area contributed by atoms with Crippen molar-refractivity contribution < 1.29 is 9.53 Å². The predicted molar refractivity (Wildman–Crippen MR) is 82.0 cm³/mol. The Bertz CT molecular complexity index is 477. The van der Waals surface area contributed by atoms with Gasteiger partial charge in [0.2, 0.25) is 0 Å². The van der Waals surface area contributed by atoms with Gasteiger partial charge in [-0.1, -0.05) is 11.6 Å². The third kappa shape index (κ3) is 3.39. The number of nitrogens with zero attached hydrogens (tertiary/aromatic N) is 1. The Labute approximate surface area is 129 Å². The SMILES string of the molecule is COc1ccc(Cl)cc1C(=O)N1CCCCC1CCCl. The normalized spacial score (nSPS) is 18.9. The number of hydrogen-bond acceptors (Lipinski definition) is 2. The van der Waals surface area contributed by atoms with Gasteiger partial charge in [-0.25, -0.2) is 0 Å². The average Bonchev–Trinajstić information content (AvgIpc) is 2.47. The van der Waals surface area contributed by atoms with Gasteiger partial charge in [-0.3, -0.25) is 4.79 Å². The first-order chi connectivity index (χ1) is 9.67. The molecule has 1 aliphatic heterocycles. The van der Waals surface area contributed by atoms with Crippen LogP contribution in [0.1, 0.15) is 36.0 Å². The van der Waals surface area contributed by atoms with E-state index in [1.165, 1.54) is 0 Å². The van der Waals surface area contributed by atoms with Gasteiger partial charge in [0.05, 0.1) is 12.7 Å². The second kappa shape index (κ2) is 7.19. The molecular formula is C15H19Cl2NO2. The zero-order valence-electron chi connectivity index (χ0n) is 11.6. The molecule has 1 saturated heterocycles. The second-order valence-corrected chi connectivity index (χ2v) is 5.78. The van der Waals surface area contributed by atoms with Gasteiger partial charge in [0.25, 0.3) is 5.91 Å². The zero-order chi connectivity index (χ0) is 14.5. The van der Waals surface area contributed by atoms with Crippen molar-refractivity contribution in [2.75, 3.05) is 19.5 Å². The molecule has 1 atom stereocenters. The first kappa shape index (κ1) is 15.5. The lowest BCUT2D eigenvalue weighted by molar-refractivity contribution is 0.0606. The first-order valence-electron chi connectivity index (χ1n) is 6.88. The van der Waals surface area contributed by atoms with E-state index in [-0.39, 0.29) is 11.9 Å². The summed E-state index contributed by atoms with van der Waals surface area (Å²) in [5.41, 5.74) is 0.529. The minimum Gasteiger partial charge on any atom is -0.496 e. The molecule has 0 spiro atoms. The standard InChI is InChI=1S/C15H19Cl2NO2/c1-20-14-6-5-11(17)10-13(14)15(19)18-9-3-2-4-12(18)7-8-16/h5-6,10,12H,2-4,7-9H2,1H3. The largest absolute Gasteiger partial charge is 0.496 e. The van der Waals surface area contributed by atoms with E-state index in [4.69, 9.17) is 27.9 Å². The van der Waals surface area contributed by atoms with Crippen molar-refractivity contribution in [3.63, 3.8) is 0 Å². The van der Waals surface area contributed by atoms with E-state index in [9.17, 15) is 4.79 Å². The van der Waals surface area contributed by atoms with Crippen molar-refractivity contribution >= 4 is 29.1 Å². The van der Waals surface area contributed by atoms with E-state index < -0.39 is 0 Å². The Morgan fingerprint density at radius 2 is 2.25 bits per heavy atom. The Kier molecular flexibility index (Phi) is 5.55. The van der Waals surface area contributed by atoms with Crippen LogP contribution in [0.3, 0.4) is 0 Å². The van der Waals surface area contributed by atoms with Crippen LogP contribution < -0.4 is 4.74 Å². The lowest BCUT2D eigenvalue weighted by Crippen LogP contribution is -2.44. The number of methoxy groups -OCH3 is 1. The Hall–Kier alpha value is -0.930. The molecular weight excluding hydrogens is 297 g/mol. The quantitative estimate of drug-likeness (QED) is 0.787. The van der Waals surface area contributed by atoms with Crippen molar-refractivity contribution in [3.05, 3.63) is 28.8 Å². The molecule has 0 saturated carbocycles. The first-order valence-corrected chi connectivity index (χ1v) is 7.79. The lowest BCUT2D eigenvalue weighted by atomic mass is 9.98. The second-order valence-electron chi connectivity index (χ2n) is 4.97. The lowest BCUT2D eigenvalue weighted by Gasteiger charge is -2.36. The van der Waals surface area contributed by atoms with Crippen LogP contribution in [-0.4, -0.2) is 36.4 Å². The highest BCUT2D eigenvalue weighted by Gasteiger charge is 2.28. The number of amides is 1. The third-order valence-corrected chi connectivity index (χ3v) is 4.18. The molecule has 1 fully saturated rings. The number of likely N-dealkylation sites (tertiary alicyclic amines) is 1. The number of rotatable bonds is 4. The Balaban J connectivity index is 2.26. The monoisotopic (exact) mass is 315 g/mol. The number of piperidine rings is 1. The summed E-state index contributed by atoms with van der Waals surface area (Å²) in [6.07, 6.45) is 4.03. The maximum Gasteiger partial charge on any atom is 0.257 e. The van der Waals surface area contributed by atoms with Crippen LogP contribution in [0.25, 0.3) is 0 Å². The Morgan fingerprint density at radius 1 is 1.45 bits per heavy atom. The highest BCUT2D eigenvalue weighted by Crippen LogP contribution is 2.28. The van der Waals surface area contributed by atoms with E-state index in [0.29, 0.717) is 22.2 Å². The van der Waals surface area contributed by atoms with Gasteiger partial charge in [-0.2, -0.15) is 0 Å². The molecule has 1 amide bonds. The maximum absolute atomic E-state index is 12.8. The highest BCUT2D eigenvalue weighted by molar-refractivity contribution is 6.31. The van der Waals surface area contributed by atoms with Crippen molar-refractivity contribution in [1.82, 2.24) is 4.90 Å². The molecule has 1 aliphatic rings. The third-order valence-electron chi connectivity index (χ3n) is 3.72. The molecule has 1 aromatic carbocycles. The van der Waals surface area contributed by atoms with Crippen LogP contribution in [0.15, 0.2) is 18.2 Å². The van der Waals surface area contributed by atoms with Crippen LogP contribution in [0.4, 0.5) is 0 Å². The topological polar surface area (TPSA) is 29.5 Å². The predicted octanol–water partition coefficient (Wildman–Crippen LogP) is 3.97. The molecule has 1 unspecified atom stereocenters. The van der Waals surface area contributed by atoms with Gasteiger partial charge in [-0.15, -0.1) is 11.6 Å². The summed E-state index contributed by atoms with van der Waals surface area (Å²) < 4.78 is 5.28. The number of ether oxygens (including phenoxy) is 1. The molecule has 2 rings (SSSR count). The summed E-state index contributed by atoms with van der Waals surface area (Å²) in [6, 6.07) is 5.35. The Morgan fingerprint density at radius 3 is 2.95 bits per heavy atom. The smallest absolute Gasteiger partial charge is 0.257 e. The van der Waals surface area contributed by atoms with Crippen LogP contribution in [0.2, 0.25) is 5.02 Å². The van der Waals surface area contributed by atoms with E-state index in [1.807, 2.05) is 4.90 Å². The number of benzene rings is 1. The number of alkyl halides is 1. The fourth-order valence-electron chi connectivity index (χ4n) is 2.70. The van der Waals surface area contributed by atoms with Crippen molar-refractivity contribution in [2.45, 2.75) is 31.7 Å². The van der Waals surface area contributed by atoms with Crippen LogP contribution in [-0.2, 0) is 0 Å². The minimum absolute atomic E-state index is 0.0147.